The number of aromatic carboxylic acids is 1. The van der Waals surface area contributed by atoms with Crippen LogP contribution in [0.2, 0.25) is 0 Å². The van der Waals surface area contributed by atoms with Crippen LogP contribution in [0.3, 0.4) is 0 Å². The molecule has 2 aliphatic rings. The number of carboxylic acids is 1. The standard InChI is InChI=1S/C21H22N4.C4H3NO3/c1-2-14(12-22-17-5-6-17)10-15(3-1)16-4-9-20-19(11-16)21(24-13-23-20)25-18-7-8-18;6-4(7)3-1-2-5-8-3/h1-4,9-11,13,17-18,22H,5-8,12H2,(H,23,24,25);1-2H,(H,6,7). The SMILES string of the molecule is O=C(O)c1ccno1.c1cc(CNC2CC2)cc(-c2ccc3ncnc(NC4CC4)c3c2)c1. The second-order valence-electron chi connectivity index (χ2n) is 8.41. The lowest BCUT2D eigenvalue weighted by Crippen LogP contribution is -2.15. The van der Waals surface area contributed by atoms with Crippen LogP contribution in [0.4, 0.5) is 5.82 Å². The first-order valence-electron chi connectivity index (χ1n) is 11.1. The van der Waals surface area contributed by atoms with E-state index in [4.69, 9.17) is 5.11 Å². The Morgan fingerprint density at radius 2 is 1.82 bits per heavy atom. The molecule has 0 unspecified atom stereocenters. The maximum atomic E-state index is 9.93. The number of rotatable bonds is 7. The predicted octanol–water partition coefficient (Wildman–Crippen LogP) is 4.50. The van der Waals surface area contributed by atoms with Crippen LogP contribution >= 0.6 is 0 Å². The van der Waals surface area contributed by atoms with E-state index in [1.54, 1.807) is 6.33 Å². The minimum Gasteiger partial charge on any atom is -0.475 e. The summed E-state index contributed by atoms with van der Waals surface area (Å²) in [5.41, 5.74) is 4.80. The number of carboxylic acid groups (broad SMARTS) is 1. The van der Waals surface area contributed by atoms with Gasteiger partial charge in [-0.1, -0.05) is 29.4 Å². The van der Waals surface area contributed by atoms with Crippen molar-refractivity contribution in [3.05, 3.63) is 72.4 Å². The molecule has 8 nitrogen and oxygen atoms in total. The zero-order valence-electron chi connectivity index (χ0n) is 18.1. The van der Waals surface area contributed by atoms with Gasteiger partial charge in [0.15, 0.2) is 0 Å². The third-order valence-corrected chi connectivity index (χ3v) is 5.63. The number of aromatic nitrogens is 3. The summed E-state index contributed by atoms with van der Waals surface area (Å²) in [5.74, 6) is -0.270. The Morgan fingerprint density at radius 1 is 1.00 bits per heavy atom. The molecule has 0 aliphatic heterocycles. The highest BCUT2D eigenvalue weighted by Gasteiger charge is 2.22. The summed E-state index contributed by atoms with van der Waals surface area (Å²) in [5, 5.41) is 19.5. The van der Waals surface area contributed by atoms with Gasteiger partial charge in [-0.15, -0.1) is 0 Å². The molecule has 0 atom stereocenters. The van der Waals surface area contributed by atoms with Crippen molar-refractivity contribution in [1.29, 1.82) is 0 Å². The van der Waals surface area contributed by atoms with Gasteiger partial charge in [-0.05, 0) is 60.6 Å². The average Bonchev–Trinajstić information content (AvgIpc) is 3.77. The van der Waals surface area contributed by atoms with E-state index in [2.05, 4.69) is 72.7 Å². The van der Waals surface area contributed by atoms with E-state index < -0.39 is 5.97 Å². The van der Waals surface area contributed by atoms with Gasteiger partial charge in [0.25, 0.3) is 0 Å². The molecule has 2 aliphatic carbocycles. The van der Waals surface area contributed by atoms with Gasteiger partial charge in [0.2, 0.25) is 5.76 Å². The Kier molecular flexibility index (Phi) is 5.99. The lowest BCUT2D eigenvalue weighted by atomic mass is 10.0. The number of benzene rings is 2. The van der Waals surface area contributed by atoms with Gasteiger partial charge in [-0.2, -0.15) is 0 Å². The fourth-order valence-corrected chi connectivity index (χ4v) is 3.51. The lowest BCUT2D eigenvalue weighted by Gasteiger charge is -2.10. The smallest absolute Gasteiger partial charge is 0.374 e. The Balaban J connectivity index is 0.000000243. The van der Waals surface area contributed by atoms with Crippen LogP contribution in [-0.2, 0) is 6.54 Å². The number of anilines is 1. The average molecular weight is 444 g/mol. The van der Waals surface area contributed by atoms with Crippen molar-refractivity contribution >= 4 is 22.7 Å². The number of hydrogen-bond acceptors (Lipinski definition) is 7. The molecule has 0 spiro atoms. The number of nitrogens with zero attached hydrogens (tertiary/aromatic N) is 3. The highest BCUT2D eigenvalue weighted by Crippen LogP contribution is 2.31. The summed E-state index contributed by atoms with van der Waals surface area (Å²) in [6.45, 7) is 0.948. The summed E-state index contributed by atoms with van der Waals surface area (Å²) in [7, 11) is 0. The van der Waals surface area contributed by atoms with Crippen LogP contribution < -0.4 is 10.6 Å². The molecule has 168 valence electrons. The van der Waals surface area contributed by atoms with Gasteiger partial charge in [-0.25, -0.2) is 14.8 Å². The molecule has 3 N–H and O–H groups in total. The largest absolute Gasteiger partial charge is 0.475 e. The van der Waals surface area contributed by atoms with Gasteiger partial charge >= 0.3 is 5.97 Å². The minimum atomic E-state index is -1.09. The van der Waals surface area contributed by atoms with Gasteiger partial charge < -0.3 is 20.3 Å². The van der Waals surface area contributed by atoms with E-state index in [1.807, 2.05) is 0 Å². The molecular weight excluding hydrogens is 418 g/mol. The zero-order valence-corrected chi connectivity index (χ0v) is 18.1. The van der Waals surface area contributed by atoms with Crippen molar-refractivity contribution in [3.8, 4) is 11.1 Å². The number of fused-ring (bicyclic) bond motifs is 1. The molecule has 2 heterocycles. The highest BCUT2D eigenvalue weighted by molar-refractivity contribution is 5.92. The van der Waals surface area contributed by atoms with Crippen molar-refractivity contribution in [2.45, 2.75) is 44.3 Å². The molecule has 2 saturated carbocycles. The van der Waals surface area contributed by atoms with E-state index in [0.717, 1.165) is 29.3 Å². The third-order valence-electron chi connectivity index (χ3n) is 5.63. The molecule has 2 fully saturated rings. The molecule has 0 saturated heterocycles. The number of nitrogens with one attached hydrogen (secondary N) is 2. The Hall–Kier alpha value is -3.78. The van der Waals surface area contributed by atoms with Crippen molar-refractivity contribution in [2.24, 2.45) is 0 Å². The van der Waals surface area contributed by atoms with Crippen LogP contribution in [-0.4, -0.2) is 38.3 Å². The summed E-state index contributed by atoms with van der Waals surface area (Å²) in [6, 6.07) is 17.9. The molecule has 6 rings (SSSR count). The molecule has 0 radical (unpaired) electrons. The molecule has 4 aromatic rings. The van der Waals surface area contributed by atoms with Gasteiger partial charge in [0, 0.05) is 30.1 Å². The van der Waals surface area contributed by atoms with E-state index in [9.17, 15) is 4.79 Å². The van der Waals surface area contributed by atoms with Crippen LogP contribution in [0.1, 0.15) is 41.8 Å². The predicted molar refractivity (Wildman–Crippen MR) is 125 cm³/mol. The van der Waals surface area contributed by atoms with Crippen LogP contribution in [0.5, 0.6) is 0 Å². The summed E-state index contributed by atoms with van der Waals surface area (Å²) in [4.78, 5) is 18.8. The van der Waals surface area contributed by atoms with Crippen molar-refractivity contribution in [1.82, 2.24) is 20.4 Å². The first-order valence-corrected chi connectivity index (χ1v) is 11.1. The van der Waals surface area contributed by atoms with Gasteiger partial charge in [0.1, 0.15) is 12.1 Å². The Bertz CT molecular complexity index is 1250. The fraction of sp³-hybridized carbons (Fsp3) is 0.280. The van der Waals surface area contributed by atoms with Gasteiger partial charge in [0.05, 0.1) is 11.7 Å². The Morgan fingerprint density at radius 3 is 2.52 bits per heavy atom. The van der Waals surface area contributed by atoms with Crippen molar-refractivity contribution in [2.75, 3.05) is 5.32 Å². The molecular formula is C25H25N5O3. The maximum Gasteiger partial charge on any atom is 0.374 e. The molecule has 2 aromatic carbocycles. The summed E-state index contributed by atoms with van der Waals surface area (Å²) >= 11 is 0. The first-order chi connectivity index (χ1) is 16.2. The minimum absolute atomic E-state index is 0.134. The maximum absolute atomic E-state index is 9.93. The van der Waals surface area contributed by atoms with Crippen LogP contribution in [0.25, 0.3) is 22.0 Å². The van der Waals surface area contributed by atoms with E-state index in [1.165, 1.54) is 54.6 Å². The molecule has 0 amide bonds. The number of carbonyl (C=O) groups is 1. The first kappa shape index (κ1) is 21.1. The van der Waals surface area contributed by atoms with Crippen LogP contribution in [0.15, 0.2) is 65.6 Å². The Labute approximate surface area is 191 Å². The molecule has 33 heavy (non-hydrogen) atoms. The summed E-state index contributed by atoms with van der Waals surface area (Å²) in [6.07, 6.45) is 8.05. The van der Waals surface area contributed by atoms with E-state index in [0.29, 0.717) is 6.04 Å². The third kappa shape index (κ3) is 5.53. The van der Waals surface area contributed by atoms with Crippen molar-refractivity contribution in [3.63, 3.8) is 0 Å². The molecule has 0 bridgehead atoms. The topological polar surface area (TPSA) is 113 Å². The fourth-order valence-electron chi connectivity index (χ4n) is 3.51. The molecule has 8 heteroatoms. The van der Waals surface area contributed by atoms with Gasteiger partial charge in [-0.3, -0.25) is 0 Å². The number of hydrogen-bond donors (Lipinski definition) is 3. The normalized spacial score (nSPS) is 15.0. The monoisotopic (exact) mass is 443 g/mol. The second-order valence-corrected chi connectivity index (χ2v) is 8.41. The lowest BCUT2D eigenvalue weighted by molar-refractivity contribution is 0.0652. The highest BCUT2D eigenvalue weighted by atomic mass is 16.5. The zero-order chi connectivity index (χ0) is 22.6. The summed E-state index contributed by atoms with van der Waals surface area (Å²) < 4.78 is 4.25. The van der Waals surface area contributed by atoms with E-state index >= 15 is 0 Å². The quantitative estimate of drug-likeness (QED) is 0.383. The molecule has 2 aromatic heterocycles. The van der Waals surface area contributed by atoms with E-state index in [-0.39, 0.29) is 5.76 Å². The van der Waals surface area contributed by atoms with Crippen LogP contribution in [0, 0.1) is 0 Å². The van der Waals surface area contributed by atoms with Crippen molar-refractivity contribution < 1.29 is 14.4 Å². The second kappa shape index (κ2) is 9.38.